The minimum absolute atomic E-state index is 0.0710. The maximum Gasteiger partial charge on any atom is 0.262 e. The Balaban J connectivity index is 1.55. The normalized spacial score (nSPS) is 10.8. The molecule has 0 aliphatic rings. The topological polar surface area (TPSA) is 56.1 Å². The van der Waals surface area contributed by atoms with Crippen LogP contribution in [-0.2, 0) is 11.3 Å². The van der Waals surface area contributed by atoms with E-state index in [9.17, 15) is 10.1 Å². The maximum absolute atomic E-state index is 12.5. The van der Waals surface area contributed by atoms with E-state index in [1.165, 1.54) is 0 Å². The first-order valence-electron chi connectivity index (χ1n) is 10.7. The third-order valence-electron chi connectivity index (χ3n) is 5.15. The second-order valence-corrected chi connectivity index (χ2v) is 7.44. The van der Waals surface area contributed by atoms with Crippen molar-refractivity contribution in [2.24, 2.45) is 0 Å². The molecule has 1 N–H and O–H groups in total. The summed E-state index contributed by atoms with van der Waals surface area (Å²) in [6, 6.07) is 39.7. The molecule has 4 nitrogen and oxygen atoms in total. The van der Waals surface area contributed by atoms with Crippen molar-refractivity contribution >= 4 is 29.0 Å². The maximum atomic E-state index is 12.5. The van der Waals surface area contributed by atoms with Gasteiger partial charge < -0.3 is 10.2 Å². The van der Waals surface area contributed by atoms with Crippen LogP contribution in [0.3, 0.4) is 0 Å². The molecule has 4 aromatic carbocycles. The van der Waals surface area contributed by atoms with Crippen LogP contribution in [0, 0.1) is 11.3 Å². The van der Waals surface area contributed by atoms with Crippen LogP contribution in [0.25, 0.3) is 6.08 Å². The molecule has 0 radical (unpaired) electrons. The molecule has 4 heteroatoms. The van der Waals surface area contributed by atoms with Gasteiger partial charge in [0.2, 0.25) is 0 Å². The van der Waals surface area contributed by atoms with Crippen molar-refractivity contribution in [3.63, 3.8) is 0 Å². The van der Waals surface area contributed by atoms with E-state index in [0.29, 0.717) is 6.54 Å². The second kappa shape index (κ2) is 10.6. The number of carbonyl (C=O) groups is 1. The quantitative estimate of drug-likeness (QED) is 0.274. The molecule has 4 aromatic rings. The summed E-state index contributed by atoms with van der Waals surface area (Å²) < 4.78 is 0. The monoisotopic (exact) mass is 429 g/mol. The summed E-state index contributed by atoms with van der Waals surface area (Å²) in [5.41, 5.74) is 4.91. The highest BCUT2D eigenvalue weighted by molar-refractivity contribution is 6.01. The molecule has 33 heavy (non-hydrogen) atoms. The van der Waals surface area contributed by atoms with E-state index >= 15 is 0 Å². The molecule has 0 atom stereocenters. The fraction of sp³-hybridized carbons (Fsp3) is 0.0345. The summed E-state index contributed by atoms with van der Waals surface area (Å²) in [6.07, 6.45) is 1.61. The molecule has 0 spiro atoms. The van der Waals surface area contributed by atoms with Crippen molar-refractivity contribution in [3.05, 3.63) is 132 Å². The van der Waals surface area contributed by atoms with E-state index in [-0.39, 0.29) is 11.5 Å². The smallest absolute Gasteiger partial charge is 0.262 e. The van der Waals surface area contributed by atoms with Gasteiger partial charge >= 0.3 is 0 Å². The van der Waals surface area contributed by atoms with Crippen LogP contribution in [0.15, 0.2) is 121 Å². The lowest BCUT2D eigenvalue weighted by atomic mass is 10.1. The molecule has 0 aliphatic heterocycles. The van der Waals surface area contributed by atoms with Gasteiger partial charge in [0.25, 0.3) is 5.91 Å². The highest BCUT2D eigenvalue weighted by atomic mass is 16.1. The van der Waals surface area contributed by atoms with Crippen LogP contribution in [-0.4, -0.2) is 5.91 Å². The molecular weight excluding hydrogens is 406 g/mol. The molecular formula is C29H23N3O. The van der Waals surface area contributed by atoms with Gasteiger partial charge in [0.1, 0.15) is 11.6 Å². The second-order valence-electron chi connectivity index (χ2n) is 7.44. The Morgan fingerprint density at radius 3 is 1.73 bits per heavy atom. The first-order valence-corrected chi connectivity index (χ1v) is 10.7. The molecule has 1 amide bonds. The Hall–Kier alpha value is -4.62. The SMILES string of the molecule is N#C/C(=C\c1ccc(N(c2ccccc2)c2ccccc2)cc1)C(=O)NCc1ccccc1. The summed E-state index contributed by atoms with van der Waals surface area (Å²) in [4.78, 5) is 14.6. The number of amides is 1. The number of nitrogens with one attached hydrogen (secondary N) is 1. The molecule has 0 saturated carbocycles. The lowest BCUT2D eigenvalue weighted by Crippen LogP contribution is -2.23. The van der Waals surface area contributed by atoms with Crippen molar-refractivity contribution in [3.8, 4) is 6.07 Å². The van der Waals surface area contributed by atoms with Gasteiger partial charge in [-0.2, -0.15) is 5.26 Å². The van der Waals surface area contributed by atoms with E-state index in [1.807, 2.05) is 97.1 Å². The van der Waals surface area contributed by atoms with Gasteiger partial charge in [-0.25, -0.2) is 0 Å². The van der Waals surface area contributed by atoms with Crippen molar-refractivity contribution in [1.29, 1.82) is 5.26 Å². The fourth-order valence-corrected chi connectivity index (χ4v) is 3.51. The van der Waals surface area contributed by atoms with Gasteiger partial charge in [0.15, 0.2) is 0 Å². The average molecular weight is 430 g/mol. The van der Waals surface area contributed by atoms with Crippen LogP contribution in [0.2, 0.25) is 0 Å². The van der Waals surface area contributed by atoms with Gasteiger partial charge in [-0.05, 0) is 53.6 Å². The fourth-order valence-electron chi connectivity index (χ4n) is 3.51. The summed E-state index contributed by atoms with van der Waals surface area (Å²) >= 11 is 0. The van der Waals surface area contributed by atoms with E-state index < -0.39 is 0 Å². The number of carbonyl (C=O) groups excluding carboxylic acids is 1. The third kappa shape index (κ3) is 5.55. The first-order chi connectivity index (χ1) is 16.2. The van der Waals surface area contributed by atoms with Crippen molar-refractivity contribution in [2.45, 2.75) is 6.54 Å². The number of nitriles is 1. The van der Waals surface area contributed by atoms with Crippen molar-refractivity contribution in [2.75, 3.05) is 4.90 Å². The van der Waals surface area contributed by atoms with Crippen LogP contribution in [0.5, 0.6) is 0 Å². The number of hydrogen-bond donors (Lipinski definition) is 1. The van der Waals surface area contributed by atoms with Gasteiger partial charge in [0, 0.05) is 23.6 Å². The highest BCUT2D eigenvalue weighted by Gasteiger charge is 2.12. The molecule has 0 heterocycles. The Bertz CT molecular complexity index is 1220. The number of nitrogens with zero attached hydrogens (tertiary/aromatic N) is 2. The van der Waals surface area contributed by atoms with E-state index in [1.54, 1.807) is 6.08 Å². The summed E-state index contributed by atoms with van der Waals surface area (Å²) in [5.74, 6) is -0.388. The largest absolute Gasteiger partial charge is 0.347 e. The van der Waals surface area contributed by atoms with Gasteiger partial charge in [-0.1, -0.05) is 78.9 Å². The third-order valence-corrected chi connectivity index (χ3v) is 5.15. The number of hydrogen-bond acceptors (Lipinski definition) is 3. The predicted molar refractivity (Wildman–Crippen MR) is 133 cm³/mol. The Labute approximate surface area is 194 Å². The zero-order valence-electron chi connectivity index (χ0n) is 18.1. The molecule has 0 aliphatic carbocycles. The average Bonchev–Trinajstić information content (AvgIpc) is 2.89. The first kappa shape index (κ1) is 21.6. The number of benzene rings is 4. The molecule has 0 aromatic heterocycles. The predicted octanol–water partition coefficient (Wildman–Crippen LogP) is 6.38. The lowest BCUT2D eigenvalue weighted by molar-refractivity contribution is -0.117. The summed E-state index contributed by atoms with van der Waals surface area (Å²) in [6.45, 7) is 0.376. The zero-order valence-corrected chi connectivity index (χ0v) is 18.1. The summed E-state index contributed by atoms with van der Waals surface area (Å²) in [7, 11) is 0. The number of anilines is 3. The lowest BCUT2D eigenvalue weighted by Gasteiger charge is -2.25. The van der Waals surface area contributed by atoms with Gasteiger partial charge in [-0.3, -0.25) is 4.79 Å². The minimum atomic E-state index is -0.388. The summed E-state index contributed by atoms with van der Waals surface area (Å²) in [5, 5.41) is 12.3. The van der Waals surface area contributed by atoms with E-state index in [4.69, 9.17) is 0 Å². The molecule has 0 saturated heterocycles. The molecule has 4 rings (SSSR count). The molecule has 160 valence electrons. The van der Waals surface area contributed by atoms with Crippen LogP contribution in [0.4, 0.5) is 17.1 Å². The number of para-hydroxylation sites is 2. The van der Waals surface area contributed by atoms with Crippen LogP contribution >= 0.6 is 0 Å². The minimum Gasteiger partial charge on any atom is -0.347 e. The van der Waals surface area contributed by atoms with Crippen molar-refractivity contribution in [1.82, 2.24) is 5.32 Å². The van der Waals surface area contributed by atoms with E-state index in [2.05, 4.69) is 34.5 Å². The molecule has 0 fully saturated rings. The Kier molecular flexibility index (Phi) is 6.95. The molecule has 0 unspecified atom stereocenters. The number of rotatable bonds is 7. The molecule has 0 bridgehead atoms. The standard InChI is InChI=1S/C29H23N3O/c30-21-25(29(33)31-22-24-10-4-1-5-11-24)20-23-16-18-28(19-17-23)32(26-12-6-2-7-13-26)27-14-8-3-9-15-27/h1-20H,22H2,(H,31,33)/b25-20+. The highest BCUT2D eigenvalue weighted by Crippen LogP contribution is 2.34. The van der Waals surface area contributed by atoms with Crippen LogP contribution < -0.4 is 10.2 Å². The van der Waals surface area contributed by atoms with E-state index in [0.717, 1.165) is 28.2 Å². The van der Waals surface area contributed by atoms with Gasteiger partial charge in [0.05, 0.1) is 0 Å². The Morgan fingerprint density at radius 1 is 0.727 bits per heavy atom. The van der Waals surface area contributed by atoms with Crippen molar-refractivity contribution < 1.29 is 4.79 Å². The van der Waals surface area contributed by atoms with Crippen LogP contribution in [0.1, 0.15) is 11.1 Å². The van der Waals surface area contributed by atoms with Gasteiger partial charge in [-0.15, -0.1) is 0 Å². The zero-order chi connectivity index (χ0) is 22.9. The Morgan fingerprint density at radius 2 is 1.21 bits per heavy atom.